The monoisotopic (exact) mass is 172 g/mol. The molecule has 3 atom stereocenters. The van der Waals surface area contributed by atoms with E-state index >= 15 is 0 Å². The summed E-state index contributed by atoms with van der Waals surface area (Å²) >= 11 is 1.65. The second kappa shape index (κ2) is 2.68. The summed E-state index contributed by atoms with van der Waals surface area (Å²) < 4.78 is 5.47. The minimum Gasteiger partial charge on any atom is -0.379 e. The van der Waals surface area contributed by atoms with Crippen LogP contribution in [0.1, 0.15) is 6.92 Å². The quantitative estimate of drug-likeness (QED) is 0.577. The van der Waals surface area contributed by atoms with Crippen molar-refractivity contribution < 1.29 is 4.74 Å². The molecule has 62 valence electrons. The van der Waals surface area contributed by atoms with Crippen molar-refractivity contribution >= 4 is 16.9 Å². The molecule has 0 saturated carbocycles. The molecular weight excluding hydrogens is 160 g/mol. The van der Waals surface area contributed by atoms with Gasteiger partial charge in [0.2, 0.25) is 0 Å². The molecule has 1 fully saturated rings. The lowest BCUT2D eigenvalue weighted by Gasteiger charge is -2.21. The number of aliphatic imine (C=N–C) groups is 1. The van der Waals surface area contributed by atoms with Crippen molar-refractivity contribution in [1.82, 2.24) is 0 Å². The van der Waals surface area contributed by atoms with Crippen molar-refractivity contribution in [2.45, 2.75) is 19.1 Å². The van der Waals surface area contributed by atoms with Crippen LogP contribution in [0.25, 0.3) is 0 Å². The fraction of sp³-hybridized carbons (Fsp3) is 0.857. The van der Waals surface area contributed by atoms with E-state index in [-0.39, 0.29) is 0 Å². The highest BCUT2D eigenvalue weighted by atomic mass is 32.2. The molecule has 0 aromatic rings. The fourth-order valence-electron chi connectivity index (χ4n) is 1.57. The highest BCUT2D eigenvalue weighted by Gasteiger charge is 2.36. The number of fused-ring (bicyclic) bond motifs is 1. The number of nitrogens with two attached hydrogens (primary N) is 1. The predicted octanol–water partition coefficient (Wildman–Crippen LogP) is 0.451. The van der Waals surface area contributed by atoms with E-state index in [2.05, 4.69) is 11.9 Å². The summed E-state index contributed by atoms with van der Waals surface area (Å²) in [5.74, 6) is 1.66. The number of thioether (sulfide) groups is 1. The number of hydrogen-bond acceptors (Lipinski definition) is 4. The standard InChI is InChI=1S/C7H12N2OS/c1-4-5-3-11-7(8)9-6(5)2-10-4/h4-6H,2-3H2,1H3,(H2,8,9). The molecule has 0 aromatic carbocycles. The zero-order valence-electron chi connectivity index (χ0n) is 6.49. The first-order valence-electron chi connectivity index (χ1n) is 3.85. The summed E-state index contributed by atoms with van der Waals surface area (Å²) in [5.41, 5.74) is 5.59. The number of nitrogens with zero attached hydrogens (tertiary/aromatic N) is 1. The van der Waals surface area contributed by atoms with E-state index in [0.29, 0.717) is 18.1 Å². The van der Waals surface area contributed by atoms with Crippen molar-refractivity contribution in [3.05, 3.63) is 0 Å². The summed E-state index contributed by atoms with van der Waals surface area (Å²) in [4.78, 5) is 4.33. The molecule has 4 heteroatoms. The van der Waals surface area contributed by atoms with Crippen LogP contribution in [-0.4, -0.2) is 29.7 Å². The Morgan fingerprint density at radius 1 is 1.73 bits per heavy atom. The van der Waals surface area contributed by atoms with Crippen LogP contribution in [0.3, 0.4) is 0 Å². The van der Waals surface area contributed by atoms with E-state index in [1.165, 1.54) is 0 Å². The van der Waals surface area contributed by atoms with Gasteiger partial charge in [0.25, 0.3) is 0 Å². The molecule has 2 aliphatic rings. The first kappa shape index (κ1) is 7.43. The van der Waals surface area contributed by atoms with Crippen LogP contribution in [-0.2, 0) is 4.74 Å². The molecular formula is C7H12N2OS. The third kappa shape index (κ3) is 1.25. The lowest BCUT2D eigenvalue weighted by Crippen LogP contribution is -2.30. The van der Waals surface area contributed by atoms with Gasteiger partial charge in [-0.3, -0.25) is 4.99 Å². The van der Waals surface area contributed by atoms with E-state index in [4.69, 9.17) is 10.5 Å². The second-order valence-electron chi connectivity index (χ2n) is 3.05. The Balaban J connectivity index is 2.14. The predicted molar refractivity (Wildman–Crippen MR) is 46.8 cm³/mol. The molecule has 11 heavy (non-hydrogen) atoms. The second-order valence-corrected chi connectivity index (χ2v) is 4.09. The fourth-order valence-corrected chi connectivity index (χ4v) is 2.64. The van der Waals surface area contributed by atoms with Gasteiger partial charge in [0.1, 0.15) is 0 Å². The third-order valence-electron chi connectivity index (χ3n) is 2.34. The minimum absolute atomic E-state index is 0.339. The van der Waals surface area contributed by atoms with Crippen LogP contribution in [0.15, 0.2) is 4.99 Å². The van der Waals surface area contributed by atoms with Crippen molar-refractivity contribution in [2.75, 3.05) is 12.4 Å². The van der Waals surface area contributed by atoms with Gasteiger partial charge in [-0.1, -0.05) is 11.8 Å². The van der Waals surface area contributed by atoms with E-state index in [9.17, 15) is 0 Å². The van der Waals surface area contributed by atoms with Gasteiger partial charge in [0.05, 0.1) is 18.8 Å². The average molecular weight is 172 g/mol. The summed E-state index contributed by atoms with van der Waals surface area (Å²) in [5, 5.41) is 0.726. The van der Waals surface area contributed by atoms with Gasteiger partial charge < -0.3 is 10.5 Å². The Morgan fingerprint density at radius 2 is 2.55 bits per heavy atom. The molecule has 2 aliphatic heterocycles. The summed E-state index contributed by atoms with van der Waals surface area (Å²) in [6.07, 6.45) is 0.365. The Labute approximate surface area is 70.4 Å². The lowest BCUT2D eigenvalue weighted by molar-refractivity contribution is 0.110. The maximum Gasteiger partial charge on any atom is 0.154 e. The SMILES string of the molecule is CC1OCC2N=C(N)SCC21. The Hall–Kier alpha value is -0.220. The van der Waals surface area contributed by atoms with Gasteiger partial charge >= 0.3 is 0 Å². The zero-order chi connectivity index (χ0) is 7.84. The topological polar surface area (TPSA) is 47.6 Å². The maximum atomic E-state index is 5.59. The van der Waals surface area contributed by atoms with Crippen LogP contribution in [0, 0.1) is 5.92 Å². The van der Waals surface area contributed by atoms with Crippen LogP contribution >= 0.6 is 11.8 Å². The Morgan fingerprint density at radius 3 is 3.36 bits per heavy atom. The van der Waals surface area contributed by atoms with Crippen LogP contribution in [0.2, 0.25) is 0 Å². The van der Waals surface area contributed by atoms with E-state index < -0.39 is 0 Å². The first-order valence-corrected chi connectivity index (χ1v) is 4.83. The highest BCUT2D eigenvalue weighted by molar-refractivity contribution is 8.13. The van der Waals surface area contributed by atoms with Gasteiger partial charge in [-0.25, -0.2) is 0 Å². The zero-order valence-corrected chi connectivity index (χ0v) is 7.30. The van der Waals surface area contributed by atoms with Gasteiger partial charge in [-0.2, -0.15) is 0 Å². The molecule has 1 saturated heterocycles. The highest BCUT2D eigenvalue weighted by Crippen LogP contribution is 2.31. The van der Waals surface area contributed by atoms with Crippen molar-refractivity contribution in [3.63, 3.8) is 0 Å². The van der Waals surface area contributed by atoms with Gasteiger partial charge in [0, 0.05) is 11.7 Å². The molecule has 0 bridgehead atoms. The first-order chi connectivity index (χ1) is 5.27. The average Bonchev–Trinajstić information content (AvgIpc) is 2.32. The van der Waals surface area contributed by atoms with Crippen LogP contribution in [0.4, 0.5) is 0 Å². The number of rotatable bonds is 0. The van der Waals surface area contributed by atoms with Crippen molar-refractivity contribution in [2.24, 2.45) is 16.6 Å². The molecule has 2 N–H and O–H groups in total. The summed E-state index contributed by atoms with van der Waals surface area (Å²) in [6, 6.07) is 0.339. The molecule has 2 rings (SSSR count). The number of hydrogen-bond donors (Lipinski definition) is 1. The Kier molecular flexibility index (Phi) is 1.81. The smallest absolute Gasteiger partial charge is 0.154 e. The number of amidine groups is 1. The molecule has 0 spiro atoms. The van der Waals surface area contributed by atoms with Gasteiger partial charge in [0.15, 0.2) is 5.17 Å². The molecule has 3 unspecified atom stereocenters. The number of ether oxygens (including phenoxy) is 1. The van der Waals surface area contributed by atoms with Crippen LogP contribution < -0.4 is 5.73 Å². The Bertz CT molecular complexity index is 195. The molecule has 3 nitrogen and oxygen atoms in total. The molecule has 0 aromatic heterocycles. The lowest BCUT2D eigenvalue weighted by atomic mass is 10.0. The molecule has 2 heterocycles. The molecule has 0 amide bonds. The van der Waals surface area contributed by atoms with Gasteiger partial charge in [-0.15, -0.1) is 0 Å². The van der Waals surface area contributed by atoms with E-state index in [1.807, 2.05) is 0 Å². The van der Waals surface area contributed by atoms with E-state index in [0.717, 1.165) is 17.5 Å². The summed E-state index contributed by atoms with van der Waals surface area (Å²) in [7, 11) is 0. The third-order valence-corrected chi connectivity index (χ3v) is 3.30. The minimum atomic E-state index is 0.339. The molecule has 0 radical (unpaired) electrons. The van der Waals surface area contributed by atoms with Crippen molar-refractivity contribution in [3.8, 4) is 0 Å². The largest absolute Gasteiger partial charge is 0.379 e. The maximum absolute atomic E-state index is 5.59. The van der Waals surface area contributed by atoms with Crippen LogP contribution in [0.5, 0.6) is 0 Å². The van der Waals surface area contributed by atoms with Gasteiger partial charge in [-0.05, 0) is 6.92 Å². The normalized spacial score (nSPS) is 43.4. The molecule has 0 aliphatic carbocycles. The van der Waals surface area contributed by atoms with E-state index in [1.54, 1.807) is 11.8 Å². The van der Waals surface area contributed by atoms with Crippen molar-refractivity contribution in [1.29, 1.82) is 0 Å². The summed E-state index contributed by atoms with van der Waals surface area (Å²) in [6.45, 7) is 2.87.